The number of rotatable bonds is 2. The van der Waals surface area contributed by atoms with Crippen LogP contribution in [0.15, 0.2) is 18.2 Å². The van der Waals surface area contributed by atoms with Crippen LogP contribution in [0.4, 0.5) is 0 Å². The summed E-state index contributed by atoms with van der Waals surface area (Å²) >= 11 is 1.73. The van der Waals surface area contributed by atoms with E-state index in [4.69, 9.17) is 0 Å². The highest BCUT2D eigenvalue weighted by Gasteiger charge is 2.19. The van der Waals surface area contributed by atoms with Crippen molar-refractivity contribution in [3.05, 3.63) is 29.3 Å². The van der Waals surface area contributed by atoms with Gasteiger partial charge in [-0.3, -0.25) is 0 Å². The molecule has 0 heterocycles. The molecular formula is C12H18OS. The number of benzene rings is 1. The van der Waals surface area contributed by atoms with Gasteiger partial charge in [-0.05, 0) is 17.2 Å². The first-order valence-electron chi connectivity index (χ1n) is 4.77. The van der Waals surface area contributed by atoms with E-state index in [1.165, 1.54) is 0 Å². The van der Waals surface area contributed by atoms with Gasteiger partial charge in [0.1, 0.15) is 5.75 Å². The lowest BCUT2D eigenvalue weighted by Gasteiger charge is -2.21. The molecule has 2 heteroatoms. The predicted octanol–water partition coefficient (Wildman–Crippen LogP) is 3.55. The lowest BCUT2D eigenvalue weighted by Crippen LogP contribution is -2.11. The Morgan fingerprint density at radius 3 is 2.43 bits per heavy atom. The molecular weight excluding hydrogens is 192 g/mol. The molecule has 78 valence electrons. The second kappa shape index (κ2) is 4.26. The van der Waals surface area contributed by atoms with Crippen LogP contribution in [0.3, 0.4) is 0 Å². The molecule has 1 N–H and O–H groups in total. The van der Waals surface area contributed by atoms with Gasteiger partial charge in [-0.2, -0.15) is 11.8 Å². The Bertz CT molecular complexity index is 313. The Morgan fingerprint density at radius 1 is 1.29 bits per heavy atom. The monoisotopic (exact) mass is 210 g/mol. The van der Waals surface area contributed by atoms with Crippen molar-refractivity contribution < 1.29 is 5.11 Å². The maximum Gasteiger partial charge on any atom is 0.123 e. The maximum atomic E-state index is 10.0. The first-order valence-corrected chi connectivity index (χ1v) is 6.16. The first-order chi connectivity index (χ1) is 6.46. The van der Waals surface area contributed by atoms with Gasteiger partial charge in [-0.1, -0.05) is 39.0 Å². The Morgan fingerprint density at radius 2 is 1.93 bits per heavy atom. The summed E-state index contributed by atoms with van der Waals surface area (Å²) in [5, 5.41) is 10.0. The molecule has 1 nitrogen and oxygen atoms in total. The molecule has 0 saturated heterocycles. The molecule has 0 unspecified atom stereocenters. The standard InChI is InChI=1S/C12H18OS/c1-12(2,3)10-7-5-6-9(8-14-4)11(10)13/h5-7,13H,8H2,1-4H3. The molecule has 0 saturated carbocycles. The Hall–Kier alpha value is -0.630. The van der Waals surface area contributed by atoms with Crippen LogP contribution in [-0.4, -0.2) is 11.4 Å². The van der Waals surface area contributed by atoms with Crippen LogP contribution in [0.25, 0.3) is 0 Å². The van der Waals surface area contributed by atoms with Crippen LogP contribution < -0.4 is 0 Å². The second-order valence-electron chi connectivity index (χ2n) is 4.50. The quantitative estimate of drug-likeness (QED) is 0.805. The van der Waals surface area contributed by atoms with Crippen LogP contribution in [0.1, 0.15) is 31.9 Å². The molecule has 0 radical (unpaired) electrons. The van der Waals surface area contributed by atoms with Crippen LogP contribution in [0.2, 0.25) is 0 Å². The van der Waals surface area contributed by atoms with Crippen LogP contribution in [-0.2, 0) is 11.2 Å². The second-order valence-corrected chi connectivity index (χ2v) is 5.36. The number of phenols is 1. The molecule has 0 atom stereocenters. The Labute approximate surface area is 90.5 Å². The van der Waals surface area contributed by atoms with Crippen molar-refractivity contribution in [2.24, 2.45) is 0 Å². The average molecular weight is 210 g/mol. The largest absolute Gasteiger partial charge is 0.507 e. The van der Waals surface area contributed by atoms with E-state index < -0.39 is 0 Å². The number of aromatic hydroxyl groups is 1. The molecule has 0 fully saturated rings. The van der Waals surface area contributed by atoms with E-state index >= 15 is 0 Å². The van der Waals surface area contributed by atoms with Gasteiger partial charge in [0, 0.05) is 11.3 Å². The minimum Gasteiger partial charge on any atom is -0.507 e. The number of phenolic OH excluding ortho intramolecular Hbond substituents is 1. The number of hydrogen-bond acceptors (Lipinski definition) is 2. The average Bonchev–Trinajstić information content (AvgIpc) is 2.07. The summed E-state index contributed by atoms with van der Waals surface area (Å²) in [7, 11) is 0. The van der Waals surface area contributed by atoms with E-state index in [1.807, 2.05) is 24.5 Å². The molecule has 0 aliphatic rings. The summed E-state index contributed by atoms with van der Waals surface area (Å²) in [4.78, 5) is 0. The molecule has 0 spiro atoms. The minimum absolute atomic E-state index is 0.0124. The van der Waals surface area contributed by atoms with E-state index in [0.29, 0.717) is 5.75 Å². The van der Waals surface area contributed by atoms with E-state index in [0.717, 1.165) is 16.9 Å². The summed E-state index contributed by atoms with van der Waals surface area (Å²) < 4.78 is 0. The molecule has 0 aliphatic heterocycles. The summed E-state index contributed by atoms with van der Waals surface area (Å²) in [6, 6.07) is 6.01. The molecule has 1 aromatic carbocycles. The fraction of sp³-hybridized carbons (Fsp3) is 0.500. The summed E-state index contributed by atoms with van der Waals surface area (Å²) in [6.07, 6.45) is 2.04. The lowest BCUT2D eigenvalue weighted by atomic mass is 9.85. The molecule has 14 heavy (non-hydrogen) atoms. The first kappa shape index (κ1) is 11.4. The topological polar surface area (TPSA) is 20.2 Å². The molecule has 1 aromatic rings. The van der Waals surface area contributed by atoms with Crippen LogP contribution in [0.5, 0.6) is 5.75 Å². The molecule has 1 rings (SSSR count). The molecule has 0 bridgehead atoms. The normalized spacial score (nSPS) is 11.7. The number of para-hydroxylation sites is 1. The highest BCUT2D eigenvalue weighted by Crippen LogP contribution is 2.34. The van der Waals surface area contributed by atoms with Crippen LogP contribution in [0, 0.1) is 0 Å². The highest BCUT2D eigenvalue weighted by atomic mass is 32.2. The van der Waals surface area contributed by atoms with Crippen molar-refractivity contribution in [2.45, 2.75) is 31.9 Å². The summed E-state index contributed by atoms with van der Waals surface area (Å²) in [6.45, 7) is 6.35. The van der Waals surface area contributed by atoms with Gasteiger partial charge in [0.05, 0.1) is 0 Å². The predicted molar refractivity (Wildman–Crippen MR) is 64.0 cm³/mol. The van der Waals surface area contributed by atoms with Crippen molar-refractivity contribution >= 4 is 11.8 Å². The molecule has 0 aromatic heterocycles. The Balaban J connectivity index is 3.14. The zero-order valence-electron chi connectivity index (χ0n) is 9.29. The summed E-state index contributed by atoms with van der Waals surface area (Å²) in [5.41, 5.74) is 2.08. The smallest absolute Gasteiger partial charge is 0.123 e. The van der Waals surface area contributed by atoms with Gasteiger partial charge in [0.2, 0.25) is 0 Å². The number of hydrogen-bond donors (Lipinski definition) is 1. The van der Waals surface area contributed by atoms with E-state index in [1.54, 1.807) is 11.8 Å². The Kier molecular flexibility index (Phi) is 3.48. The van der Waals surface area contributed by atoms with E-state index in [9.17, 15) is 5.11 Å². The molecule has 0 aliphatic carbocycles. The van der Waals surface area contributed by atoms with Crippen molar-refractivity contribution in [1.82, 2.24) is 0 Å². The molecule has 0 amide bonds. The van der Waals surface area contributed by atoms with Crippen molar-refractivity contribution in [3.63, 3.8) is 0 Å². The SMILES string of the molecule is CSCc1cccc(C(C)(C)C)c1O. The summed E-state index contributed by atoms with van der Waals surface area (Å²) in [5.74, 6) is 1.34. The van der Waals surface area contributed by atoms with Crippen LogP contribution >= 0.6 is 11.8 Å². The van der Waals surface area contributed by atoms with Gasteiger partial charge in [-0.15, -0.1) is 0 Å². The van der Waals surface area contributed by atoms with Gasteiger partial charge < -0.3 is 5.11 Å². The minimum atomic E-state index is 0.0124. The van der Waals surface area contributed by atoms with Gasteiger partial charge in [-0.25, -0.2) is 0 Å². The fourth-order valence-corrected chi connectivity index (χ4v) is 2.01. The lowest BCUT2D eigenvalue weighted by molar-refractivity contribution is 0.442. The van der Waals surface area contributed by atoms with Gasteiger partial charge in [0.15, 0.2) is 0 Å². The van der Waals surface area contributed by atoms with Gasteiger partial charge >= 0.3 is 0 Å². The third-order valence-electron chi connectivity index (χ3n) is 2.23. The third-order valence-corrected chi connectivity index (χ3v) is 2.83. The fourth-order valence-electron chi connectivity index (χ4n) is 1.47. The van der Waals surface area contributed by atoms with Crippen molar-refractivity contribution in [2.75, 3.05) is 6.26 Å². The van der Waals surface area contributed by atoms with Crippen molar-refractivity contribution in [1.29, 1.82) is 0 Å². The zero-order valence-corrected chi connectivity index (χ0v) is 10.1. The third kappa shape index (κ3) is 2.44. The zero-order chi connectivity index (χ0) is 10.8. The van der Waals surface area contributed by atoms with E-state index in [2.05, 4.69) is 20.8 Å². The maximum absolute atomic E-state index is 10.0. The van der Waals surface area contributed by atoms with Gasteiger partial charge in [0.25, 0.3) is 0 Å². The number of thioether (sulfide) groups is 1. The highest BCUT2D eigenvalue weighted by molar-refractivity contribution is 7.97. The van der Waals surface area contributed by atoms with E-state index in [-0.39, 0.29) is 5.41 Å². The van der Waals surface area contributed by atoms with Crippen molar-refractivity contribution in [3.8, 4) is 5.75 Å².